The summed E-state index contributed by atoms with van der Waals surface area (Å²) in [5, 5.41) is 17.0. The van der Waals surface area contributed by atoms with E-state index in [-0.39, 0.29) is 12.0 Å². The van der Waals surface area contributed by atoms with Crippen LogP contribution in [-0.2, 0) is 5.54 Å². The molecule has 0 aliphatic carbocycles. The number of rotatable bonds is 5. The van der Waals surface area contributed by atoms with Crippen LogP contribution in [0.3, 0.4) is 0 Å². The third-order valence-corrected chi connectivity index (χ3v) is 4.72. The van der Waals surface area contributed by atoms with Crippen molar-refractivity contribution >= 4 is 5.91 Å². The number of benzene rings is 2. The molecule has 1 aliphatic heterocycles. The molecule has 3 rings (SSSR count). The number of ether oxygens (including phenoxy) is 1. The summed E-state index contributed by atoms with van der Waals surface area (Å²) in [6.07, 6.45) is 0.00501. The molecule has 2 atom stereocenters. The predicted molar refractivity (Wildman–Crippen MR) is 101 cm³/mol. The van der Waals surface area contributed by atoms with Crippen molar-refractivity contribution in [3.63, 3.8) is 0 Å². The summed E-state index contributed by atoms with van der Waals surface area (Å²) < 4.78 is 5.63. The molecule has 1 heterocycles. The molecule has 0 unspecified atom stereocenters. The molecule has 5 nitrogen and oxygen atoms in total. The van der Waals surface area contributed by atoms with Crippen LogP contribution >= 0.6 is 0 Å². The average molecular weight is 354 g/mol. The minimum atomic E-state index is -0.795. The lowest BCUT2D eigenvalue weighted by Crippen LogP contribution is -2.61. The lowest BCUT2D eigenvalue weighted by Gasteiger charge is -2.43. The first-order valence-corrected chi connectivity index (χ1v) is 9.05. The van der Waals surface area contributed by atoms with E-state index in [1.165, 1.54) is 0 Å². The topological polar surface area (TPSA) is 70.6 Å². The van der Waals surface area contributed by atoms with Crippen molar-refractivity contribution < 1.29 is 14.6 Å². The van der Waals surface area contributed by atoms with Crippen molar-refractivity contribution in [1.29, 1.82) is 0 Å². The van der Waals surface area contributed by atoms with E-state index in [0.29, 0.717) is 18.5 Å². The van der Waals surface area contributed by atoms with Gasteiger partial charge in [-0.05, 0) is 56.6 Å². The number of piperidine rings is 1. The maximum atomic E-state index is 12.9. The fourth-order valence-corrected chi connectivity index (χ4v) is 3.39. The molecule has 1 aliphatic rings. The molecule has 1 saturated heterocycles. The molecule has 0 aromatic heterocycles. The first kappa shape index (κ1) is 18.4. The van der Waals surface area contributed by atoms with Gasteiger partial charge in [-0.2, -0.15) is 0 Å². The Morgan fingerprint density at radius 1 is 1.19 bits per heavy atom. The predicted octanol–water partition coefficient (Wildman–Crippen LogP) is 2.45. The number of hydrogen-bond donors (Lipinski definition) is 3. The fraction of sp³-hybridized carbons (Fsp3) is 0.381. The first-order chi connectivity index (χ1) is 12.5. The highest BCUT2D eigenvalue weighted by atomic mass is 16.5. The Morgan fingerprint density at radius 3 is 2.50 bits per heavy atom. The highest BCUT2D eigenvalue weighted by Crippen LogP contribution is 2.31. The lowest BCUT2D eigenvalue weighted by atomic mass is 9.79. The van der Waals surface area contributed by atoms with Crippen LogP contribution in [0.5, 0.6) is 5.75 Å². The summed E-state index contributed by atoms with van der Waals surface area (Å²) in [7, 11) is 0. The molecule has 0 spiro atoms. The maximum absolute atomic E-state index is 12.9. The molecule has 0 bridgehead atoms. The van der Waals surface area contributed by atoms with E-state index in [9.17, 15) is 9.90 Å². The summed E-state index contributed by atoms with van der Waals surface area (Å²) in [5.41, 5.74) is 0.667. The zero-order valence-electron chi connectivity index (χ0n) is 15.2. The minimum absolute atomic E-state index is 0.0842. The number of nitrogens with one attached hydrogen (secondary N) is 2. The van der Waals surface area contributed by atoms with Gasteiger partial charge in [-0.1, -0.05) is 30.3 Å². The highest BCUT2D eigenvalue weighted by Gasteiger charge is 2.42. The summed E-state index contributed by atoms with van der Waals surface area (Å²) in [6, 6.07) is 16.8. The van der Waals surface area contributed by atoms with Crippen LogP contribution in [0.15, 0.2) is 54.6 Å². The molecule has 0 saturated carbocycles. The van der Waals surface area contributed by atoms with Crippen molar-refractivity contribution in [2.24, 2.45) is 0 Å². The standard InChI is InChI=1S/C21H26N2O3/c1-15(2)26-18-10-8-16(9-11-18)20(25)23-21(12-13-22-14-19(21)24)17-6-4-3-5-7-17/h3-11,15,19,22,24H,12-14H2,1-2H3,(H,23,25)/t19-,21+/m1/s1. The van der Waals surface area contributed by atoms with Gasteiger partial charge in [0.1, 0.15) is 5.75 Å². The summed E-state index contributed by atoms with van der Waals surface area (Å²) >= 11 is 0. The number of hydrogen-bond acceptors (Lipinski definition) is 4. The van der Waals surface area contributed by atoms with Crippen LogP contribution in [-0.4, -0.2) is 36.3 Å². The van der Waals surface area contributed by atoms with Crippen LogP contribution < -0.4 is 15.4 Å². The second-order valence-corrected chi connectivity index (χ2v) is 6.95. The van der Waals surface area contributed by atoms with Gasteiger partial charge >= 0.3 is 0 Å². The quantitative estimate of drug-likeness (QED) is 0.771. The third kappa shape index (κ3) is 3.89. The maximum Gasteiger partial charge on any atom is 0.252 e. The number of aliphatic hydroxyl groups is 1. The van der Waals surface area contributed by atoms with Gasteiger partial charge in [0.05, 0.1) is 17.7 Å². The molecule has 0 radical (unpaired) electrons. The van der Waals surface area contributed by atoms with Crippen molar-refractivity contribution in [2.45, 2.75) is 38.0 Å². The molecule has 2 aromatic rings. The van der Waals surface area contributed by atoms with E-state index in [4.69, 9.17) is 4.74 Å². The van der Waals surface area contributed by atoms with E-state index >= 15 is 0 Å². The number of aliphatic hydroxyl groups excluding tert-OH is 1. The molecule has 26 heavy (non-hydrogen) atoms. The molecule has 1 amide bonds. The monoisotopic (exact) mass is 354 g/mol. The number of carbonyl (C=O) groups is 1. The SMILES string of the molecule is CC(C)Oc1ccc(C(=O)N[C@]2(c3ccccc3)CCNC[C@H]2O)cc1. The van der Waals surface area contributed by atoms with E-state index in [2.05, 4.69) is 10.6 Å². The second-order valence-electron chi connectivity index (χ2n) is 6.95. The van der Waals surface area contributed by atoms with Crippen molar-refractivity contribution in [1.82, 2.24) is 10.6 Å². The molecule has 5 heteroatoms. The normalized spacial score (nSPS) is 22.8. The van der Waals surface area contributed by atoms with Gasteiger partial charge in [-0.15, -0.1) is 0 Å². The number of amides is 1. The molecule has 1 fully saturated rings. The van der Waals surface area contributed by atoms with Crippen LogP contribution in [0.4, 0.5) is 0 Å². The Labute approximate surface area is 154 Å². The Morgan fingerprint density at radius 2 is 1.88 bits per heavy atom. The Bertz CT molecular complexity index is 731. The molecule has 3 N–H and O–H groups in total. The third-order valence-electron chi connectivity index (χ3n) is 4.72. The molecular formula is C21H26N2O3. The van der Waals surface area contributed by atoms with Crippen LogP contribution in [0, 0.1) is 0 Å². The van der Waals surface area contributed by atoms with E-state index in [0.717, 1.165) is 17.9 Å². The highest BCUT2D eigenvalue weighted by molar-refractivity contribution is 5.95. The molecular weight excluding hydrogens is 328 g/mol. The van der Waals surface area contributed by atoms with E-state index in [1.54, 1.807) is 24.3 Å². The van der Waals surface area contributed by atoms with Gasteiger partial charge in [0.15, 0.2) is 0 Å². The summed E-state index contributed by atoms with van der Waals surface area (Å²) in [4.78, 5) is 12.9. The second kappa shape index (κ2) is 7.89. The zero-order valence-corrected chi connectivity index (χ0v) is 15.2. The Hall–Kier alpha value is -2.37. The molecule has 138 valence electrons. The van der Waals surface area contributed by atoms with Gasteiger partial charge in [0.25, 0.3) is 5.91 Å². The van der Waals surface area contributed by atoms with Crippen molar-refractivity contribution in [2.75, 3.05) is 13.1 Å². The van der Waals surface area contributed by atoms with Gasteiger partial charge in [-0.25, -0.2) is 0 Å². The average Bonchev–Trinajstić information content (AvgIpc) is 2.64. The Balaban J connectivity index is 1.84. The molecule has 2 aromatic carbocycles. The van der Waals surface area contributed by atoms with Crippen LogP contribution in [0.2, 0.25) is 0 Å². The van der Waals surface area contributed by atoms with E-state index in [1.807, 2.05) is 44.2 Å². The van der Waals surface area contributed by atoms with Gasteiger partial charge < -0.3 is 20.5 Å². The van der Waals surface area contributed by atoms with Gasteiger partial charge in [0, 0.05) is 12.1 Å². The smallest absolute Gasteiger partial charge is 0.252 e. The van der Waals surface area contributed by atoms with Gasteiger partial charge in [0.2, 0.25) is 0 Å². The van der Waals surface area contributed by atoms with Crippen LogP contribution in [0.25, 0.3) is 0 Å². The largest absolute Gasteiger partial charge is 0.491 e. The summed E-state index contributed by atoms with van der Waals surface area (Å²) in [5.74, 6) is 0.530. The Kier molecular flexibility index (Phi) is 5.59. The van der Waals surface area contributed by atoms with Crippen molar-refractivity contribution in [3.05, 3.63) is 65.7 Å². The fourth-order valence-electron chi connectivity index (χ4n) is 3.39. The van der Waals surface area contributed by atoms with Crippen LogP contribution in [0.1, 0.15) is 36.2 Å². The summed E-state index contributed by atoms with van der Waals surface area (Å²) in [6.45, 7) is 5.09. The van der Waals surface area contributed by atoms with Crippen molar-refractivity contribution in [3.8, 4) is 5.75 Å². The van der Waals surface area contributed by atoms with E-state index < -0.39 is 11.6 Å². The minimum Gasteiger partial charge on any atom is -0.491 e. The van der Waals surface area contributed by atoms with Gasteiger partial charge in [-0.3, -0.25) is 4.79 Å². The number of β-amino-alcohol motifs (C(OH)–C–C–N with tert-alkyl or cyclic N) is 1. The zero-order chi connectivity index (χ0) is 18.6. The number of carbonyl (C=O) groups excluding carboxylic acids is 1. The first-order valence-electron chi connectivity index (χ1n) is 9.05. The lowest BCUT2D eigenvalue weighted by molar-refractivity contribution is 0.0289.